The molecule has 0 atom stereocenters. The zero-order valence-corrected chi connectivity index (χ0v) is 10.5. The molecule has 0 bridgehead atoms. The van der Waals surface area contributed by atoms with E-state index in [0.29, 0.717) is 19.5 Å². The Morgan fingerprint density at radius 3 is 3.18 bits per heavy atom. The molecule has 0 saturated heterocycles. The van der Waals surface area contributed by atoms with Crippen LogP contribution in [0.15, 0.2) is 23.1 Å². The highest BCUT2D eigenvalue weighted by Gasteiger charge is 2.22. The Balaban J connectivity index is 2.19. The van der Waals surface area contributed by atoms with Crippen LogP contribution < -0.4 is 10.2 Å². The van der Waals surface area contributed by atoms with E-state index in [2.05, 4.69) is 5.32 Å². The summed E-state index contributed by atoms with van der Waals surface area (Å²) < 4.78 is 13.1. The first kappa shape index (κ1) is 12.4. The molecule has 0 fully saturated rings. The van der Waals surface area contributed by atoms with Crippen LogP contribution in [-0.2, 0) is 4.79 Å². The maximum atomic E-state index is 13.1. The van der Waals surface area contributed by atoms with Gasteiger partial charge in [-0.25, -0.2) is 4.39 Å². The predicted molar refractivity (Wildman–Crippen MR) is 68.0 cm³/mol. The van der Waals surface area contributed by atoms with Crippen molar-refractivity contribution in [3.8, 4) is 0 Å². The minimum atomic E-state index is -0.249. The fraction of sp³-hybridized carbons (Fsp3) is 0.417. The van der Waals surface area contributed by atoms with Gasteiger partial charge < -0.3 is 10.2 Å². The molecule has 3 nitrogen and oxygen atoms in total. The number of hydrogen-bond acceptors (Lipinski definition) is 3. The maximum Gasteiger partial charge on any atom is 0.228 e. The molecule has 0 unspecified atom stereocenters. The number of hydrogen-bond donors (Lipinski definition) is 1. The molecular formula is C12H15FN2OS. The van der Waals surface area contributed by atoms with Gasteiger partial charge in [-0.15, -0.1) is 11.8 Å². The number of amides is 1. The van der Waals surface area contributed by atoms with Crippen LogP contribution in [0.5, 0.6) is 0 Å². The van der Waals surface area contributed by atoms with E-state index in [4.69, 9.17) is 0 Å². The number of carbonyl (C=O) groups excluding carboxylic acids is 1. The van der Waals surface area contributed by atoms with Crippen molar-refractivity contribution >= 4 is 23.4 Å². The maximum absolute atomic E-state index is 13.1. The van der Waals surface area contributed by atoms with E-state index in [-0.39, 0.29) is 11.7 Å². The Kier molecular flexibility index (Phi) is 4.02. The summed E-state index contributed by atoms with van der Waals surface area (Å²) in [7, 11) is 1.82. The SMILES string of the molecule is CNCCC(=O)N1CCSc2cc(F)ccc21. The van der Waals surface area contributed by atoms with Crippen LogP contribution >= 0.6 is 11.8 Å². The number of halogens is 1. The molecule has 0 radical (unpaired) electrons. The lowest BCUT2D eigenvalue weighted by Crippen LogP contribution is -2.36. The number of carbonyl (C=O) groups is 1. The van der Waals surface area contributed by atoms with E-state index in [1.165, 1.54) is 12.1 Å². The number of thioether (sulfide) groups is 1. The molecule has 1 aromatic rings. The van der Waals surface area contributed by atoms with Gasteiger partial charge in [0.15, 0.2) is 0 Å². The molecule has 92 valence electrons. The largest absolute Gasteiger partial charge is 0.319 e. The minimum Gasteiger partial charge on any atom is -0.319 e. The molecule has 1 N–H and O–H groups in total. The molecule has 0 aromatic heterocycles. The molecule has 0 spiro atoms. The molecule has 1 aliphatic rings. The van der Waals surface area contributed by atoms with Crippen LogP contribution in [0.25, 0.3) is 0 Å². The summed E-state index contributed by atoms with van der Waals surface area (Å²) in [5.74, 6) is 0.662. The Morgan fingerprint density at radius 1 is 1.59 bits per heavy atom. The summed E-state index contributed by atoms with van der Waals surface area (Å²) in [5, 5.41) is 2.96. The normalized spacial score (nSPS) is 14.6. The van der Waals surface area contributed by atoms with Crippen molar-refractivity contribution in [2.75, 3.05) is 30.8 Å². The first-order valence-corrected chi connectivity index (χ1v) is 6.58. The monoisotopic (exact) mass is 254 g/mol. The number of anilines is 1. The van der Waals surface area contributed by atoms with E-state index in [9.17, 15) is 9.18 Å². The van der Waals surface area contributed by atoms with E-state index >= 15 is 0 Å². The Hall–Kier alpha value is -1.07. The fourth-order valence-electron chi connectivity index (χ4n) is 1.82. The summed E-state index contributed by atoms with van der Waals surface area (Å²) >= 11 is 1.60. The molecule has 5 heteroatoms. The second kappa shape index (κ2) is 5.51. The van der Waals surface area contributed by atoms with Gasteiger partial charge in [-0.1, -0.05) is 0 Å². The van der Waals surface area contributed by atoms with Crippen molar-refractivity contribution in [3.05, 3.63) is 24.0 Å². The van der Waals surface area contributed by atoms with Crippen LogP contribution in [0.1, 0.15) is 6.42 Å². The highest BCUT2D eigenvalue weighted by atomic mass is 32.2. The second-order valence-electron chi connectivity index (χ2n) is 3.86. The summed E-state index contributed by atoms with van der Waals surface area (Å²) in [5.41, 5.74) is 0.837. The van der Waals surface area contributed by atoms with Crippen molar-refractivity contribution in [1.82, 2.24) is 5.32 Å². The summed E-state index contributed by atoms with van der Waals surface area (Å²) in [4.78, 5) is 14.6. The van der Waals surface area contributed by atoms with Crippen molar-refractivity contribution in [3.63, 3.8) is 0 Å². The van der Waals surface area contributed by atoms with Crippen molar-refractivity contribution < 1.29 is 9.18 Å². The standard InChI is InChI=1S/C12H15FN2OS/c1-14-5-4-12(16)15-6-7-17-11-8-9(13)2-3-10(11)15/h2-3,8,14H,4-7H2,1H3. The third kappa shape index (κ3) is 2.79. The van der Waals surface area contributed by atoms with Gasteiger partial charge in [0.1, 0.15) is 5.82 Å². The van der Waals surface area contributed by atoms with Crippen LogP contribution in [0, 0.1) is 5.82 Å². The van der Waals surface area contributed by atoms with Gasteiger partial charge in [0.05, 0.1) is 5.69 Å². The average molecular weight is 254 g/mol. The van der Waals surface area contributed by atoms with Gasteiger partial charge in [-0.05, 0) is 25.2 Å². The Labute approximate surface area is 104 Å². The van der Waals surface area contributed by atoms with Crippen molar-refractivity contribution in [2.24, 2.45) is 0 Å². The summed E-state index contributed by atoms with van der Waals surface area (Å²) in [6.45, 7) is 1.37. The van der Waals surface area contributed by atoms with Crippen LogP contribution in [0.3, 0.4) is 0 Å². The second-order valence-corrected chi connectivity index (χ2v) is 5.00. The van der Waals surface area contributed by atoms with E-state index in [1.807, 2.05) is 7.05 Å². The predicted octanol–water partition coefficient (Wildman–Crippen LogP) is 1.87. The van der Waals surface area contributed by atoms with Crippen LogP contribution in [0.4, 0.5) is 10.1 Å². The molecule has 1 amide bonds. The Bertz CT molecular complexity index is 425. The highest BCUT2D eigenvalue weighted by Crippen LogP contribution is 2.35. The topological polar surface area (TPSA) is 32.3 Å². The lowest BCUT2D eigenvalue weighted by Gasteiger charge is -2.29. The van der Waals surface area contributed by atoms with E-state index in [1.54, 1.807) is 22.7 Å². The summed E-state index contributed by atoms with van der Waals surface area (Å²) in [6, 6.07) is 4.59. The van der Waals surface area contributed by atoms with Crippen molar-refractivity contribution in [2.45, 2.75) is 11.3 Å². The molecular weight excluding hydrogens is 239 g/mol. The van der Waals surface area contributed by atoms with E-state index < -0.39 is 0 Å². The van der Waals surface area contributed by atoms with Gasteiger partial charge in [0.2, 0.25) is 5.91 Å². The van der Waals surface area contributed by atoms with E-state index in [0.717, 1.165) is 16.3 Å². The quantitative estimate of drug-likeness (QED) is 0.894. The van der Waals surface area contributed by atoms with Gasteiger partial charge in [0, 0.05) is 30.2 Å². The van der Waals surface area contributed by atoms with Gasteiger partial charge in [0.25, 0.3) is 0 Å². The minimum absolute atomic E-state index is 0.0903. The molecule has 0 aliphatic carbocycles. The Morgan fingerprint density at radius 2 is 2.41 bits per heavy atom. The summed E-state index contributed by atoms with van der Waals surface area (Å²) in [6.07, 6.45) is 0.470. The number of nitrogens with zero attached hydrogens (tertiary/aromatic N) is 1. The molecule has 17 heavy (non-hydrogen) atoms. The van der Waals surface area contributed by atoms with Gasteiger partial charge >= 0.3 is 0 Å². The highest BCUT2D eigenvalue weighted by molar-refractivity contribution is 7.99. The zero-order chi connectivity index (χ0) is 12.3. The third-order valence-corrected chi connectivity index (χ3v) is 3.70. The molecule has 1 aliphatic heterocycles. The average Bonchev–Trinajstić information content (AvgIpc) is 2.34. The number of nitrogens with one attached hydrogen (secondary N) is 1. The molecule has 1 aromatic carbocycles. The van der Waals surface area contributed by atoms with Gasteiger partial charge in [-0.3, -0.25) is 4.79 Å². The molecule has 1 heterocycles. The lowest BCUT2D eigenvalue weighted by molar-refractivity contribution is -0.118. The number of benzene rings is 1. The van der Waals surface area contributed by atoms with Crippen LogP contribution in [0.2, 0.25) is 0 Å². The number of rotatable bonds is 3. The third-order valence-electron chi connectivity index (χ3n) is 2.68. The van der Waals surface area contributed by atoms with Gasteiger partial charge in [-0.2, -0.15) is 0 Å². The lowest BCUT2D eigenvalue weighted by atomic mass is 10.2. The molecule has 0 saturated carbocycles. The van der Waals surface area contributed by atoms with Crippen LogP contribution in [-0.4, -0.2) is 31.8 Å². The first-order chi connectivity index (χ1) is 8.22. The fourth-order valence-corrected chi connectivity index (χ4v) is 2.84. The van der Waals surface area contributed by atoms with Crippen molar-refractivity contribution in [1.29, 1.82) is 0 Å². The first-order valence-electron chi connectivity index (χ1n) is 5.59. The number of fused-ring (bicyclic) bond motifs is 1. The smallest absolute Gasteiger partial charge is 0.228 e. The zero-order valence-electron chi connectivity index (χ0n) is 9.70. The molecule has 2 rings (SSSR count).